The van der Waals surface area contributed by atoms with Gasteiger partial charge in [-0.2, -0.15) is 0 Å². The molecule has 3 fully saturated rings. The topological polar surface area (TPSA) is 138 Å². The van der Waals surface area contributed by atoms with Crippen molar-refractivity contribution in [3.8, 4) is 0 Å². The van der Waals surface area contributed by atoms with Crippen LogP contribution in [0.25, 0.3) is 0 Å². The molecule has 0 bridgehead atoms. The molecule has 0 aliphatic heterocycles. The van der Waals surface area contributed by atoms with Crippen LogP contribution in [0.4, 0.5) is 0 Å². The predicted octanol–water partition coefficient (Wildman–Crippen LogP) is 1.71. The van der Waals surface area contributed by atoms with E-state index in [1.54, 1.807) is 13.0 Å². The summed E-state index contributed by atoms with van der Waals surface area (Å²) in [4.78, 5) is 13.3. The number of hydrogen-bond donors (Lipinski definition) is 6. The molecule has 0 aromatic carbocycles. The number of carbonyl (C=O) groups is 1. The molecular weight excluding hydrogens is 436 g/mol. The number of allylic oxidation sites excluding steroid dienone is 1. The molecule has 4 rings (SSSR count). The van der Waals surface area contributed by atoms with Gasteiger partial charge in [-0.3, -0.25) is 4.79 Å². The Hall–Kier alpha value is -0.830. The minimum atomic E-state index is -1.42. The lowest BCUT2D eigenvalue weighted by Crippen LogP contribution is -2.62. The van der Waals surface area contributed by atoms with Crippen molar-refractivity contribution in [1.29, 1.82) is 0 Å². The van der Waals surface area contributed by atoms with Gasteiger partial charge in [-0.15, -0.1) is 0 Å². The van der Waals surface area contributed by atoms with Gasteiger partial charge in [-0.1, -0.05) is 20.8 Å². The first-order valence-corrected chi connectivity index (χ1v) is 13.1. The highest BCUT2D eigenvalue weighted by molar-refractivity contribution is 5.95. The lowest BCUT2D eigenvalue weighted by atomic mass is 9.45. The predicted molar refractivity (Wildman–Crippen MR) is 127 cm³/mol. The summed E-state index contributed by atoms with van der Waals surface area (Å²) in [6.45, 7) is 7.59. The van der Waals surface area contributed by atoms with Crippen LogP contribution in [0.3, 0.4) is 0 Å². The molecule has 6 N–H and O–H groups in total. The molecule has 0 amide bonds. The monoisotopic (exact) mass is 480 g/mol. The van der Waals surface area contributed by atoms with Crippen LogP contribution in [-0.4, -0.2) is 72.5 Å². The summed E-state index contributed by atoms with van der Waals surface area (Å²) in [7, 11) is 0. The van der Waals surface area contributed by atoms with Gasteiger partial charge in [0, 0.05) is 17.9 Å². The van der Waals surface area contributed by atoms with Crippen molar-refractivity contribution in [1.82, 2.24) is 0 Å². The minimum absolute atomic E-state index is 0.0326. The highest BCUT2D eigenvalue weighted by atomic mass is 16.3. The van der Waals surface area contributed by atoms with Gasteiger partial charge in [0.15, 0.2) is 5.78 Å². The second kappa shape index (κ2) is 8.63. The first-order chi connectivity index (χ1) is 15.7. The van der Waals surface area contributed by atoms with Gasteiger partial charge in [0.05, 0.1) is 29.5 Å². The molecule has 194 valence electrons. The number of rotatable bonds is 6. The molecule has 0 radical (unpaired) electrons. The molecule has 7 heteroatoms. The fourth-order valence-electron chi connectivity index (χ4n) is 8.37. The molecule has 34 heavy (non-hydrogen) atoms. The number of aliphatic hydroxyl groups excluding tert-OH is 4. The third-order valence-corrected chi connectivity index (χ3v) is 10.7. The van der Waals surface area contributed by atoms with Crippen molar-refractivity contribution in [3.63, 3.8) is 0 Å². The molecule has 4 aliphatic rings. The Bertz CT molecular complexity index is 839. The zero-order valence-electron chi connectivity index (χ0n) is 21.1. The van der Waals surface area contributed by atoms with Gasteiger partial charge in [-0.05, 0) is 93.1 Å². The molecule has 0 unspecified atom stereocenters. The SMILES string of the molecule is C[C@@H](CO)CC[C@H](O)[C@](C)(O)[C@@H]1CC[C@@]2(O)C3=CC(=O)[C@@H]4C[C@@H](O)[C@@H](O)C[C@]4(C)[C@H]3CC[C@]12C. The highest BCUT2D eigenvalue weighted by Crippen LogP contribution is 2.68. The Kier molecular flexibility index (Phi) is 6.66. The Morgan fingerprint density at radius 1 is 1.12 bits per heavy atom. The Morgan fingerprint density at radius 2 is 1.79 bits per heavy atom. The Balaban J connectivity index is 1.65. The van der Waals surface area contributed by atoms with Crippen LogP contribution in [-0.2, 0) is 4.79 Å². The molecule has 11 atom stereocenters. The van der Waals surface area contributed by atoms with Crippen molar-refractivity contribution >= 4 is 5.78 Å². The summed E-state index contributed by atoms with van der Waals surface area (Å²) < 4.78 is 0. The zero-order chi connectivity index (χ0) is 25.3. The third kappa shape index (κ3) is 3.65. The van der Waals surface area contributed by atoms with Crippen LogP contribution in [0.1, 0.15) is 79.1 Å². The van der Waals surface area contributed by atoms with Crippen LogP contribution in [0.2, 0.25) is 0 Å². The first kappa shape index (κ1) is 26.2. The average Bonchev–Trinajstić information content (AvgIpc) is 3.06. The lowest BCUT2D eigenvalue weighted by Gasteiger charge is -2.60. The highest BCUT2D eigenvalue weighted by Gasteiger charge is 2.69. The first-order valence-electron chi connectivity index (χ1n) is 13.1. The van der Waals surface area contributed by atoms with Crippen molar-refractivity contribution in [3.05, 3.63) is 11.6 Å². The van der Waals surface area contributed by atoms with Crippen LogP contribution in [0.15, 0.2) is 11.6 Å². The van der Waals surface area contributed by atoms with E-state index in [0.717, 1.165) is 12.0 Å². The van der Waals surface area contributed by atoms with Crippen LogP contribution >= 0.6 is 0 Å². The molecule has 0 aromatic heterocycles. The van der Waals surface area contributed by atoms with E-state index in [0.29, 0.717) is 38.5 Å². The Labute approximate surface area is 202 Å². The number of ketones is 1. The van der Waals surface area contributed by atoms with Gasteiger partial charge in [0.25, 0.3) is 0 Å². The van der Waals surface area contributed by atoms with Gasteiger partial charge in [0.2, 0.25) is 0 Å². The third-order valence-electron chi connectivity index (χ3n) is 10.7. The summed E-state index contributed by atoms with van der Waals surface area (Å²) in [6.07, 6.45) is 2.65. The number of fused-ring (bicyclic) bond motifs is 5. The molecule has 3 saturated carbocycles. The maximum atomic E-state index is 13.3. The molecule has 0 aromatic rings. The van der Waals surface area contributed by atoms with E-state index >= 15 is 0 Å². The standard InChI is InChI=1S/C27H44O7/c1-15(14-28)5-6-23(32)26(4,33)22-8-10-27(34)17-11-19(29)18-12-20(30)21(31)13-24(18,2)16(17)7-9-25(22,27)3/h11,15-16,18,20-23,28,30-34H,5-10,12-14H2,1-4H3/t15-,16+,18+,20-,21+,22-,23+,24-,25-,26-,27-/m1/s1. The van der Waals surface area contributed by atoms with Crippen molar-refractivity contribution in [2.45, 2.75) is 109 Å². The molecule has 0 saturated heterocycles. The van der Waals surface area contributed by atoms with E-state index in [9.17, 15) is 35.4 Å². The van der Waals surface area contributed by atoms with E-state index in [2.05, 4.69) is 0 Å². The second-order valence-corrected chi connectivity index (χ2v) is 12.7. The largest absolute Gasteiger partial charge is 0.396 e. The molecule has 4 aliphatic carbocycles. The van der Waals surface area contributed by atoms with E-state index in [1.165, 1.54) is 0 Å². The molecule has 7 nitrogen and oxygen atoms in total. The van der Waals surface area contributed by atoms with E-state index < -0.39 is 40.3 Å². The van der Waals surface area contributed by atoms with Gasteiger partial charge in [0.1, 0.15) is 0 Å². The average molecular weight is 481 g/mol. The maximum Gasteiger partial charge on any atom is 0.159 e. The second-order valence-electron chi connectivity index (χ2n) is 12.7. The fraction of sp³-hybridized carbons (Fsp3) is 0.889. The Morgan fingerprint density at radius 3 is 2.44 bits per heavy atom. The van der Waals surface area contributed by atoms with Crippen LogP contribution < -0.4 is 0 Å². The summed E-state index contributed by atoms with van der Waals surface area (Å²) >= 11 is 0. The lowest BCUT2D eigenvalue weighted by molar-refractivity contribution is -0.176. The van der Waals surface area contributed by atoms with Crippen molar-refractivity contribution < 1.29 is 35.4 Å². The maximum absolute atomic E-state index is 13.3. The molecular formula is C27H44O7. The quantitative estimate of drug-likeness (QED) is 0.340. The van der Waals surface area contributed by atoms with E-state index in [1.807, 2.05) is 20.8 Å². The number of aliphatic hydroxyl groups is 6. The normalized spacial score (nSPS) is 47.6. The fourth-order valence-corrected chi connectivity index (χ4v) is 8.37. The van der Waals surface area contributed by atoms with Gasteiger partial charge < -0.3 is 30.6 Å². The smallest absolute Gasteiger partial charge is 0.159 e. The van der Waals surface area contributed by atoms with Crippen molar-refractivity contribution in [2.75, 3.05) is 6.61 Å². The van der Waals surface area contributed by atoms with Crippen LogP contribution in [0.5, 0.6) is 0 Å². The summed E-state index contributed by atoms with van der Waals surface area (Å²) in [5.74, 6) is -0.859. The van der Waals surface area contributed by atoms with E-state index in [4.69, 9.17) is 0 Å². The summed E-state index contributed by atoms with van der Waals surface area (Å²) in [5, 5.41) is 64.7. The van der Waals surface area contributed by atoms with Crippen LogP contribution in [0, 0.1) is 34.5 Å². The van der Waals surface area contributed by atoms with Gasteiger partial charge >= 0.3 is 0 Å². The molecule has 0 spiro atoms. The van der Waals surface area contributed by atoms with E-state index in [-0.39, 0.29) is 42.5 Å². The summed E-state index contributed by atoms with van der Waals surface area (Å²) in [5.41, 5.74) is -3.21. The minimum Gasteiger partial charge on any atom is -0.396 e. The number of hydrogen-bond acceptors (Lipinski definition) is 7. The zero-order valence-corrected chi connectivity index (χ0v) is 21.1. The number of carbonyl (C=O) groups excluding carboxylic acids is 1. The summed E-state index contributed by atoms with van der Waals surface area (Å²) in [6, 6.07) is 0. The molecule has 0 heterocycles. The van der Waals surface area contributed by atoms with Crippen molar-refractivity contribution in [2.24, 2.45) is 34.5 Å². The van der Waals surface area contributed by atoms with Gasteiger partial charge in [-0.25, -0.2) is 0 Å².